The first kappa shape index (κ1) is 9.92. The van der Waals surface area contributed by atoms with Gasteiger partial charge in [-0.1, -0.05) is 24.8 Å². The number of hydrazone groups is 1. The first-order valence-electron chi connectivity index (χ1n) is 5.15. The van der Waals surface area contributed by atoms with Crippen molar-refractivity contribution in [3.8, 4) is 0 Å². The molecule has 3 rings (SSSR count). The van der Waals surface area contributed by atoms with Gasteiger partial charge in [-0.3, -0.25) is 4.79 Å². The van der Waals surface area contributed by atoms with E-state index in [1.807, 2.05) is 25.1 Å². The van der Waals surface area contributed by atoms with Gasteiger partial charge < -0.3 is 0 Å². The fourth-order valence-corrected chi connectivity index (χ4v) is 2.07. The molecule has 0 radical (unpaired) electrons. The van der Waals surface area contributed by atoms with Crippen LogP contribution in [0.25, 0.3) is 0 Å². The maximum atomic E-state index is 12.2. The van der Waals surface area contributed by atoms with Gasteiger partial charge in [-0.15, -0.1) is 0 Å². The van der Waals surface area contributed by atoms with Gasteiger partial charge in [0.2, 0.25) is 5.78 Å². The molecule has 0 spiro atoms. The molecule has 1 aromatic carbocycles. The highest BCUT2D eigenvalue weighted by molar-refractivity contribution is 6.78. The monoisotopic (exact) mass is 226 g/mol. The second-order valence-electron chi connectivity index (χ2n) is 4.00. The lowest BCUT2D eigenvalue weighted by Crippen LogP contribution is -2.32. The Morgan fingerprint density at radius 3 is 2.88 bits per heavy atom. The molecule has 1 aliphatic heterocycles. The molecule has 1 aliphatic carbocycles. The predicted octanol–water partition coefficient (Wildman–Crippen LogP) is 0.997. The zero-order valence-electron chi connectivity index (χ0n) is 9.27. The normalized spacial score (nSPS) is 17.6. The highest BCUT2D eigenvalue weighted by Crippen LogP contribution is 2.27. The van der Waals surface area contributed by atoms with Gasteiger partial charge in [0.15, 0.2) is 5.82 Å². The lowest BCUT2D eigenvalue weighted by molar-refractivity contribution is 0.106. The number of carbonyl (C=O) groups is 1. The van der Waals surface area contributed by atoms with E-state index in [-0.39, 0.29) is 11.6 Å². The third-order valence-corrected chi connectivity index (χ3v) is 2.91. The van der Waals surface area contributed by atoms with Crippen molar-refractivity contribution in [1.82, 2.24) is 5.12 Å². The van der Waals surface area contributed by atoms with Crippen molar-refractivity contribution in [3.63, 3.8) is 0 Å². The van der Waals surface area contributed by atoms with E-state index in [1.54, 1.807) is 0 Å². The average Bonchev–Trinajstić information content (AvgIpc) is 2.56. The SMILES string of the molecule is C=C1N=C2C(=O)c3c(C)cccc3C2=NN1N. The van der Waals surface area contributed by atoms with E-state index in [9.17, 15) is 4.79 Å². The maximum Gasteiger partial charge on any atom is 0.214 e. The topological polar surface area (TPSA) is 71.0 Å². The number of hydrogen-bond acceptors (Lipinski definition) is 5. The van der Waals surface area contributed by atoms with Crippen molar-refractivity contribution in [2.75, 3.05) is 0 Å². The van der Waals surface area contributed by atoms with Crippen molar-refractivity contribution < 1.29 is 4.79 Å². The van der Waals surface area contributed by atoms with Gasteiger partial charge in [0.25, 0.3) is 0 Å². The number of aliphatic imine (C=N–C) groups is 1. The van der Waals surface area contributed by atoms with Crippen LogP contribution in [-0.2, 0) is 0 Å². The highest BCUT2D eigenvalue weighted by atomic mass is 16.1. The van der Waals surface area contributed by atoms with Crippen LogP contribution in [0.15, 0.2) is 40.7 Å². The van der Waals surface area contributed by atoms with Crippen LogP contribution >= 0.6 is 0 Å². The maximum absolute atomic E-state index is 12.2. The molecule has 0 saturated carbocycles. The molecule has 2 aliphatic rings. The highest BCUT2D eigenvalue weighted by Gasteiger charge is 2.36. The van der Waals surface area contributed by atoms with Gasteiger partial charge in [0, 0.05) is 11.1 Å². The van der Waals surface area contributed by atoms with Crippen LogP contribution in [0, 0.1) is 6.92 Å². The summed E-state index contributed by atoms with van der Waals surface area (Å²) in [6, 6.07) is 5.63. The second-order valence-corrected chi connectivity index (χ2v) is 4.00. The van der Waals surface area contributed by atoms with E-state index in [4.69, 9.17) is 5.84 Å². The van der Waals surface area contributed by atoms with Gasteiger partial charge >= 0.3 is 0 Å². The fourth-order valence-electron chi connectivity index (χ4n) is 2.07. The van der Waals surface area contributed by atoms with Gasteiger partial charge in [0.1, 0.15) is 11.4 Å². The molecule has 0 saturated heterocycles. The number of Topliss-reactive ketones (excluding diaryl/α,β-unsaturated/α-hetero) is 1. The van der Waals surface area contributed by atoms with Gasteiger partial charge in [0.05, 0.1) is 0 Å². The quantitative estimate of drug-likeness (QED) is 0.671. The Labute approximate surface area is 97.9 Å². The number of carbonyl (C=O) groups excluding carboxylic acids is 1. The molecule has 5 heteroatoms. The molecule has 0 fully saturated rings. The minimum atomic E-state index is -0.105. The van der Waals surface area contributed by atoms with Gasteiger partial charge in [-0.2, -0.15) is 10.2 Å². The Morgan fingerprint density at radius 1 is 1.35 bits per heavy atom. The van der Waals surface area contributed by atoms with Crippen molar-refractivity contribution in [2.24, 2.45) is 15.9 Å². The van der Waals surface area contributed by atoms with Crippen LogP contribution in [0.5, 0.6) is 0 Å². The Bertz CT molecular complexity index is 627. The average molecular weight is 226 g/mol. The second kappa shape index (κ2) is 3.11. The lowest BCUT2D eigenvalue weighted by atomic mass is 10.0. The summed E-state index contributed by atoms with van der Waals surface area (Å²) >= 11 is 0. The third kappa shape index (κ3) is 1.20. The molecular formula is C12H10N4O. The molecule has 1 aromatic rings. The molecular weight excluding hydrogens is 216 g/mol. The summed E-state index contributed by atoms with van der Waals surface area (Å²) in [4.78, 5) is 16.3. The van der Waals surface area contributed by atoms with Crippen LogP contribution < -0.4 is 5.84 Å². The van der Waals surface area contributed by atoms with Crippen LogP contribution in [0.2, 0.25) is 0 Å². The molecule has 2 N–H and O–H groups in total. The summed E-state index contributed by atoms with van der Waals surface area (Å²) in [6.07, 6.45) is 0. The van der Waals surface area contributed by atoms with E-state index in [1.165, 1.54) is 0 Å². The summed E-state index contributed by atoms with van der Waals surface area (Å²) < 4.78 is 0. The van der Waals surface area contributed by atoms with Crippen LogP contribution in [0.3, 0.4) is 0 Å². The Hall–Kier alpha value is -2.27. The number of benzene rings is 1. The zero-order valence-corrected chi connectivity index (χ0v) is 9.27. The van der Waals surface area contributed by atoms with Gasteiger partial charge in [-0.25, -0.2) is 10.8 Å². The lowest BCUT2D eigenvalue weighted by Gasteiger charge is -2.17. The molecule has 0 aromatic heterocycles. The first-order chi connectivity index (χ1) is 8.09. The fraction of sp³-hybridized carbons (Fsp3) is 0.0833. The summed E-state index contributed by atoms with van der Waals surface area (Å²) in [6.45, 7) is 5.52. The third-order valence-electron chi connectivity index (χ3n) is 2.91. The number of hydrogen-bond donors (Lipinski definition) is 1. The number of nitrogens with zero attached hydrogens (tertiary/aromatic N) is 3. The van der Waals surface area contributed by atoms with Crippen molar-refractivity contribution in [2.45, 2.75) is 6.92 Å². The summed E-state index contributed by atoms with van der Waals surface area (Å²) in [7, 11) is 0. The summed E-state index contributed by atoms with van der Waals surface area (Å²) in [5, 5.41) is 5.22. The largest absolute Gasteiger partial charge is 0.287 e. The number of fused-ring (bicyclic) bond motifs is 3. The van der Waals surface area contributed by atoms with Crippen molar-refractivity contribution in [1.29, 1.82) is 0 Å². The minimum absolute atomic E-state index is 0.105. The number of rotatable bonds is 0. The van der Waals surface area contributed by atoms with Gasteiger partial charge in [-0.05, 0) is 12.5 Å². The Balaban J connectivity index is 2.31. The van der Waals surface area contributed by atoms with Crippen molar-refractivity contribution >= 4 is 17.2 Å². The summed E-state index contributed by atoms with van der Waals surface area (Å²) in [5.41, 5.74) is 3.23. The molecule has 5 nitrogen and oxygen atoms in total. The van der Waals surface area contributed by atoms with E-state index >= 15 is 0 Å². The number of ketones is 1. The molecule has 0 unspecified atom stereocenters. The van der Waals surface area contributed by atoms with Crippen molar-refractivity contribution in [3.05, 3.63) is 47.3 Å². The molecule has 0 atom stereocenters. The van der Waals surface area contributed by atoms with E-state index in [0.717, 1.165) is 16.2 Å². The molecule has 1 heterocycles. The van der Waals surface area contributed by atoms with Crippen LogP contribution in [0.4, 0.5) is 0 Å². The number of hydrazine groups is 1. The molecule has 17 heavy (non-hydrogen) atoms. The van der Waals surface area contributed by atoms with E-state index in [2.05, 4.69) is 16.7 Å². The molecule has 0 bridgehead atoms. The summed E-state index contributed by atoms with van der Waals surface area (Å²) in [5.74, 6) is 5.76. The standard InChI is InChI=1S/C12H10N4O/c1-6-4-3-5-8-9(6)12(17)11-10(8)15-16(13)7(2)14-11/h3-5H,2,13H2,1H3. The zero-order chi connectivity index (χ0) is 12.2. The molecule has 84 valence electrons. The molecule has 0 amide bonds. The smallest absolute Gasteiger partial charge is 0.214 e. The Morgan fingerprint density at radius 2 is 2.12 bits per heavy atom. The van der Waals surface area contributed by atoms with Crippen LogP contribution in [0.1, 0.15) is 21.5 Å². The predicted molar refractivity (Wildman–Crippen MR) is 64.6 cm³/mol. The van der Waals surface area contributed by atoms with Crippen LogP contribution in [-0.4, -0.2) is 22.3 Å². The number of aryl methyl sites for hydroxylation is 1. The van der Waals surface area contributed by atoms with E-state index in [0.29, 0.717) is 17.0 Å². The minimum Gasteiger partial charge on any atom is -0.287 e. The first-order valence-corrected chi connectivity index (χ1v) is 5.15. The van der Waals surface area contributed by atoms with E-state index < -0.39 is 0 Å². The number of nitrogens with two attached hydrogens (primary N) is 1. The Kier molecular flexibility index (Phi) is 1.82.